The van der Waals surface area contributed by atoms with Crippen molar-refractivity contribution in [1.82, 2.24) is 24.3 Å². The second kappa shape index (κ2) is 6.17. The number of hydrogen-bond acceptors (Lipinski definition) is 4. The third kappa shape index (κ3) is 2.46. The molecule has 3 aromatic heterocycles. The molecule has 0 aliphatic heterocycles. The van der Waals surface area contributed by atoms with Crippen LogP contribution in [0.3, 0.4) is 0 Å². The molecule has 0 radical (unpaired) electrons. The summed E-state index contributed by atoms with van der Waals surface area (Å²) in [7, 11) is 1.97. The van der Waals surface area contributed by atoms with E-state index < -0.39 is 0 Å². The molecule has 0 bridgehead atoms. The molecule has 144 valence electrons. The monoisotopic (exact) mass is 384 g/mol. The van der Waals surface area contributed by atoms with Crippen LogP contribution in [0.1, 0.15) is 36.7 Å². The van der Waals surface area contributed by atoms with Gasteiger partial charge in [-0.15, -0.1) is 10.2 Å². The van der Waals surface area contributed by atoms with Crippen molar-refractivity contribution < 1.29 is 0 Å². The molecule has 1 saturated carbocycles. The van der Waals surface area contributed by atoms with Gasteiger partial charge < -0.3 is 9.55 Å². The van der Waals surface area contributed by atoms with Crippen molar-refractivity contribution in [3.8, 4) is 11.8 Å². The molecule has 29 heavy (non-hydrogen) atoms. The predicted molar refractivity (Wildman–Crippen MR) is 109 cm³/mol. The van der Waals surface area contributed by atoms with Gasteiger partial charge in [-0.2, -0.15) is 5.26 Å². The highest BCUT2D eigenvalue weighted by atomic mass is 16.1. The highest BCUT2D eigenvalue weighted by Crippen LogP contribution is 2.51. The summed E-state index contributed by atoms with van der Waals surface area (Å²) >= 11 is 0. The van der Waals surface area contributed by atoms with Crippen LogP contribution in [0.25, 0.3) is 16.6 Å². The van der Waals surface area contributed by atoms with E-state index in [0.29, 0.717) is 22.4 Å². The molecule has 7 nitrogen and oxygen atoms in total. The van der Waals surface area contributed by atoms with Crippen molar-refractivity contribution in [3.63, 3.8) is 0 Å². The van der Waals surface area contributed by atoms with E-state index in [1.165, 1.54) is 0 Å². The van der Waals surface area contributed by atoms with Gasteiger partial charge in [-0.05, 0) is 42.5 Å². The minimum absolute atomic E-state index is 0.171. The fraction of sp³-hybridized carbons (Fsp3) is 0.273. The Morgan fingerprint density at radius 3 is 2.83 bits per heavy atom. The van der Waals surface area contributed by atoms with E-state index in [1.807, 2.05) is 29.8 Å². The van der Waals surface area contributed by atoms with Crippen LogP contribution in [-0.2, 0) is 12.5 Å². The highest BCUT2D eigenvalue weighted by Gasteiger charge is 2.48. The molecular formula is C22H20N6O. The molecule has 1 aromatic carbocycles. The lowest BCUT2D eigenvalue weighted by Crippen LogP contribution is -2.43. The van der Waals surface area contributed by atoms with Gasteiger partial charge >= 0.3 is 0 Å². The van der Waals surface area contributed by atoms with Crippen LogP contribution in [0.2, 0.25) is 0 Å². The van der Waals surface area contributed by atoms with Crippen LogP contribution in [0.4, 0.5) is 0 Å². The number of H-pyrrole nitrogens is 1. The Kier molecular flexibility index (Phi) is 3.71. The molecule has 0 unspecified atom stereocenters. The molecule has 1 aliphatic rings. The summed E-state index contributed by atoms with van der Waals surface area (Å²) < 4.78 is 3.52. The zero-order valence-corrected chi connectivity index (χ0v) is 16.3. The number of benzene rings is 1. The molecule has 0 spiro atoms. The summed E-state index contributed by atoms with van der Waals surface area (Å²) in [5.41, 5.74) is 2.37. The minimum Gasteiger partial charge on any atom is -0.357 e. The van der Waals surface area contributed by atoms with Crippen LogP contribution >= 0.6 is 0 Å². The van der Waals surface area contributed by atoms with Crippen LogP contribution in [0.15, 0.2) is 53.8 Å². The number of aryl methyl sites for hydroxylation is 1. The fourth-order valence-electron chi connectivity index (χ4n) is 4.78. The first-order chi connectivity index (χ1) is 14.0. The quantitative estimate of drug-likeness (QED) is 0.588. The zero-order chi connectivity index (χ0) is 20.2. The number of aromatic nitrogens is 5. The topological polar surface area (TPSA) is 92.3 Å². The van der Waals surface area contributed by atoms with Gasteiger partial charge in [0.1, 0.15) is 23.7 Å². The second-order valence-electron chi connectivity index (χ2n) is 8.01. The summed E-state index contributed by atoms with van der Waals surface area (Å²) in [6.07, 6.45) is 7.00. The van der Waals surface area contributed by atoms with E-state index in [9.17, 15) is 10.1 Å². The molecule has 5 rings (SSSR count). The van der Waals surface area contributed by atoms with Gasteiger partial charge in [0.15, 0.2) is 0 Å². The second-order valence-corrected chi connectivity index (χ2v) is 8.01. The van der Waals surface area contributed by atoms with Gasteiger partial charge in [-0.25, -0.2) is 0 Å². The zero-order valence-electron chi connectivity index (χ0n) is 16.3. The first kappa shape index (κ1) is 17.4. The average molecular weight is 384 g/mol. The standard InChI is InChI=1S/C22H20N6O/c1-14-9-22(10-14,21-26-25-13-27(21)2)16-4-3-5-17(8-16)28-12-15(11-23)18-6-7-24-19(18)20(28)29/h3-8,12-14,24H,9-10H2,1-2H3. The van der Waals surface area contributed by atoms with Crippen molar-refractivity contribution in [2.75, 3.05) is 0 Å². The van der Waals surface area contributed by atoms with E-state index in [0.717, 1.165) is 29.9 Å². The van der Waals surface area contributed by atoms with Crippen molar-refractivity contribution in [3.05, 3.63) is 76.4 Å². The Bertz CT molecular complexity index is 1330. The Hall–Kier alpha value is -3.66. The van der Waals surface area contributed by atoms with Crippen molar-refractivity contribution in [1.29, 1.82) is 5.26 Å². The summed E-state index contributed by atoms with van der Waals surface area (Å²) in [6, 6.07) is 11.9. The molecule has 7 heteroatoms. The van der Waals surface area contributed by atoms with Gasteiger partial charge in [-0.1, -0.05) is 19.1 Å². The van der Waals surface area contributed by atoms with E-state index in [1.54, 1.807) is 29.4 Å². The van der Waals surface area contributed by atoms with E-state index in [-0.39, 0.29) is 11.0 Å². The Morgan fingerprint density at radius 1 is 1.31 bits per heavy atom. The van der Waals surface area contributed by atoms with Gasteiger partial charge in [0.25, 0.3) is 5.56 Å². The van der Waals surface area contributed by atoms with Gasteiger partial charge in [0.2, 0.25) is 0 Å². The number of hydrogen-bond donors (Lipinski definition) is 1. The third-order valence-corrected chi connectivity index (χ3v) is 6.06. The smallest absolute Gasteiger partial charge is 0.279 e. The summed E-state index contributed by atoms with van der Waals surface area (Å²) in [5.74, 6) is 1.54. The van der Waals surface area contributed by atoms with E-state index >= 15 is 0 Å². The molecule has 0 saturated heterocycles. The van der Waals surface area contributed by atoms with E-state index in [2.05, 4.69) is 34.2 Å². The van der Waals surface area contributed by atoms with Gasteiger partial charge in [-0.3, -0.25) is 9.36 Å². The lowest BCUT2D eigenvalue weighted by molar-refractivity contribution is 0.185. The molecular weight excluding hydrogens is 364 g/mol. The van der Waals surface area contributed by atoms with Crippen molar-refractivity contribution >= 4 is 10.9 Å². The fourth-order valence-corrected chi connectivity index (χ4v) is 4.78. The highest BCUT2D eigenvalue weighted by molar-refractivity contribution is 5.84. The van der Waals surface area contributed by atoms with E-state index in [4.69, 9.17) is 0 Å². The lowest BCUT2D eigenvalue weighted by Gasteiger charge is -2.46. The molecule has 1 fully saturated rings. The van der Waals surface area contributed by atoms with Crippen molar-refractivity contribution in [2.45, 2.75) is 25.2 Å². The van der Waals surface area contributed by atoms with Gasteiger partial charge in [0.05, 0.1) is 11.0 Å². The maximum Gasteiger partial charge on any atom is 0.279 e. The average Bonchev–Trinajstić information content (AvgIpc) is 3.36. The predicted octanol–water partition coefficient (Wildman–Crippen LogP) is 3.03. The molecule has 0 atom stereocenters. The molecule has 4 aromatic rings. The first-order valence-corrected chi connectivity index (χ1v) is 9.62. The summed E-state index contributed by atoms with van der Waals surface area (Å²) in [6.45, 7) is 2.24. The Morgan fingerprint density at radius 2 is 2.14 bits per heavy atom. The Labute approximate surface area is 167 Å². The molecule has 1 aliphatic carbocycles. The normalized spacial score (nSPS) is 21.1. The number of aromatic amines is 1. The SMILES string of the molecule is CC1CC(c2cccc(-n3cc(C#N)c4cc[nH]c4c3=O)c2)(c2nncn2C)C1. The lowest BCUT2D eigenvalue weighted by atomic mass is 9.58. The maximum atomic E-state index is 13.0. The number of nitriles is 1. The summed E-state index contributed by atoms with van der Waals surface area (Å²) in [4.78, 5) is 16.0. The number of nitrogens with zero attached hydrogens (tertiary/aromatic N) is 5. The number of fused-ring (bicyclic) bond motifs is 1. The maximum absolute atomic E-state index is 13.0. The molecule has 0 amide bonds. The van der Waals surface area contributed by atoms with Crippen LogP contribution in [0, 0.1) is 17.2 Å². The van der Waals surface area contributed by atoms with Crippen LogP contribution in [0.5, 0.6) is 0 Å². The van der Waals surface area contributed by atoms with Crippen molar-refractivity contribution in [2.24, 2.45) is 13.0 Å². The Balaban J connectivity index is 1.69. The van der Waals surface area contributed by atoms with Crippen LogP contribution in [-0.4, -0.2) is 24.3 Å². The van der Waals surface area contributed by atoms with Crippen LogP contribution < -0.4 is 5.56 Å². The largest absolute Gasteiger partial charge is 0.357 e. The van der Waals surface area contributed by atoms with Gasteiger partial charge in [0, 0.05) is 30.5 Å². The molecule has 3 heterocycles. The minimum atomic E-state index is -0.209. The number of rotatable bonds is 3. The number of pyridine rings is 1. The first-order valence-electron chi connectivity index (χ1n) is 9.62. The summed E-state index contributed by atoms with van der Waals surface area (Å²) in [5, 5.41) is 18.7. The number of nitrogens with one attached hydrogen (secondary N) is 1. The third-order valence-electron chi connectivity index (χ3n) is 6.06. The molecule has 1 N–H and O–H groups in total.